The summed E-state index contributed by atoms with van der Waals surface area (Å²) in [6.07, 6.45) is 6.71. The Morgan fingerprint density at radius 3 is 3.05 bits per heavy atom. The van der Waals surface area contributed by atoms with Gasteiger partial charge in [0.2, 0.25) is 0 Å². The van der Waals surface area contributed by atoms with Crippen molar-refractivity contribution in [3.63, 3.8) is 0 Å². The number of rotatable bonds is 2. The number of hydrogen-bond donors (Lipinski definition) is 2. The number of nitrogen functional groups attached to an aromatic ring is 1. The lowest BCUT2D eigenvalue weighted by Gasteiger charge is -2.04. The van der Waals surface area contributed by atoms with Gasteiger partial charge < -0.3 is 15.5 Å². The van der Waals surface area contributed by atoms with Crippen LogP contribution in [-0.2, 0) is 0 Å². The molecule has 3 aromatic heterocycles. The quantitative estimate of drug-likeness (QED) is 0.665. The Morgan fingerprint density at radius 1 is 1.42 bits per heavy atom. The molecule has 0 aromatic carbocycles. The van der Waals surface area contributed by atoms with Gasteiger partial charge in [-0.15, -0.1) is 0 Å². The molecule has 0 saturated heterocycles. The lowest BCUT2D eigenvalue weighted by atomic mass is 10.4. The predicted octanol–water partition coefficient (Wildman–Crippen LogP) is -0.143. The van der Waals surface area contributed by atoms with E-state index in [4.69, 9.17) is 5.73 Å². The third-order valence-corrected chi connectivity index (χ3v) is 2.64. The van der Waals surface area contributed by atoms with Crippen LogP contribution in [-0.4, -0.2) is 37.1 Å². The molecule has 0 aliphatic heterocycles. The smallest absolute Gasteiger partial charge is 0.271 e. The number of hydrogen-bond acceptors (Lipinski definition) is 5. The highest BCUT2D eigenvalue weighted by Crippen LogP contribution is 2.13. The molecule has 3 rings (SSSR count). The third-order valence-electron chi connectivity index (χ3n) is 2.64. The van der Waals surface area contributed by atoms with E-state index in [-0.39, 0.29) is 5.91 Å². The largest absolute Gasteiger partial charge is 0.382 e. The zero-order valence-corrected chi connectivity index (χ0v) is 10.1. The van der Waals surface area contributed by atoms with E-state index in [1.54, 1.807) is 42.3 Å². The number of imidazole rings is 1. The Labute approximate surface area is 107 Å². The Balaban J connectivity index is 2.16. The van der Waals surface area contributed by atoms with Crippen molar-refractivity contribution in [3.05, 3.63) is 36.5 Å². The Morgan fingerprint density at radius 2 is 2.26 bits per heavy atom. The second-order valence-corrected chi connectivity index (χ2v) is 3.87. The topological polar surface area (TPSA) is 103 Å². The van der Waals surface area contributed by atoms with Crippen LogP contribution in [0.3, 0.4) is 0 Å². The average Bonchev–Trinajstić information content (AvgIpc) is 3.05. The molecule has 0 saturated carbocycles. The third kappa shape index (κ3) is 1.79. The molecule has 1 amide bonds. The minimum absolute atomic E-state index is 0.262. The van der Waals surface area contributed by atoms with Gasteiger partial charge in [0.1, 0.15) is 5.82 Å². The summed E-state index contributed by atoms with van der Waals surface area (Å²) >= 11 is 0. The SMILES string of the molecule is CNC(=O)c1ccn(-c2nc(N)cn3ccnc23)n1. The number of nitrogens with one attached hydrogen (secondary N) is 1. The zero-order chi connectivity index (χ0) is 13.4. The minimum atomic E-state index is -0.262. The second kappa shape index (κ2) is 4.09. The van der Waals surface area contributed by atoms with Gasteiger partial charge in [0, 0.05) is 25.6 Å². The first-order valence-corrected chi connectivity index (χ1v) is 5.56. The monoisotopic (exact) mass is 257 g/mol. The summed E-state index contributed by atoms with van der Waals surface area (Å²) in [6, 6.07) is 1.60. The van der Waals surface area contributed by atoms with Crippen molar-refractivity contribution in [1.82, 2.24) is 29.5 Å². The van der Waals surface area contributed by atoms with Crippen molar-refractivity contribution in [3.8, 4) is 5.82 Å². The first-order valence-electron chi connectivity index (χ1n) is 5.56. The maximum Gasteiger partial charge on any atom is 0.271 e. The Kier molecular flexibility index (Phi) is 2.41. The van der Waals surface area contributed by atoms with Gasteiger partial charge in [0.05, 0.1) is 6.20 Å². The van der Waals surface area contributed by atoms with Crippen LogP contribution < -0.4 is 11.1 Å². The van der Waals surface area contributed by atoms with E-state index in [9.17, 15) is 4.79 Å². The molecule has 0 fully saturated rings. The average molecular weight is 257 g/mol. The summed E-state index contributed by atoms with van der Waals surface area (Å²) in [6.45, 7) is 0. The first kappa shape index (κ1) is 11.2. The Hall–Kier alpha value is -2.90. The first-order chi connectivity index (χ1) is 9.19. The van der Waals surface area contributed by atoms with Gasteiger partial charge in [-0.1, -0.05) is 0 Å². The van der Waals surface area contributed by atoms with Crippen LogP contribution in [0.4, 0.5) is 5.82 Å². The van der Waals surface area contributed by atoms with Crippen molar-refractivity contribution in [1.29, 1.82) is 0 Å². The van der Waals surface area contributed by atoms with Crippen LogP contribution in [0.25, 0.3) is 11.5 Å². The number of carbonyl (C=O) groups is 1. The number of aromatic nitrogens is 5. The van der Waals surface area contributed by atoms with E-state index in [1.807, 2.05) is 0 Å². The Bertz CT molecular complexity index is 757. The molecule has 0 radical (unpaired) electrons. The predicted molar refractivity (Wildman–Crippen MR) is 67.9 cm³/mol. The van der Waals surface area contributed by atoms with Crippen molar-refractivity contribution in [2.45, 2.75) is 0 Å². The van der Waals surface area contributed by atoms with Gasteiger partial charge in [0.25, 0.3) is 5.91 Å². The van der Waals surface area contributed by atoms with Gasteiger partial charge in [0.15, 0.2) is 17.2 Å². The van der Waals surface area contributed by atoms with E-state index in [0.717, 1.165) is 0 Å². The fourth-order valence-corrected chi connectivity index (χ4v) is 1.78. The van der Waals surface area contributed by atoms with Crippen LogP contribution in [0.15, 0.2) is 30.9 Å². The molecule has 8 heteroatoms. The fourth-order valence-electron chi connectivity index (χ4n) is 1.78. The van der Waals surface area contributed by atoms with Crippen LogP contribution in [0, 0.1) is 0 Å². The van der Waals surface area contributed by atoms with Crippen LogP contribution in [0.5, 0.6) is 0 Å². The van der Waals surface area contributed by atoms with Crippen LogP contribution in [0.1, 0.15) is 10.5 Å². The van der Waals surface area contributed by atoms with Crippen molar-refractivity contribution < 1.29 is 4.79 Å². The van der Waals surface area contributed by atoms with E-state index >= 15 is 0 Å². The van der Waals surface area contributed by atoms with Crippen molar-refractivity contribution in [2.24, 2.45) is 0 Å². The summed E-state index contributed by atoms with van der Waals surface area (Å²) < 4.78 is 3.22. The van der Waals surface area contributed by atoms with E-state index in [2.05, 4.69) is 20.4 Å². The fraction of sp³-hybridized carbons (Fsp3) is 0.0909. The zero-order valence-electron chi connectivity index (χ0n) is 10.1. The lowest BCUT2D eigenvalue weighted by molar-refractivity contribution is 0.0957. The van der Waals surface area contributed by atoms with E-state index in [1.165, 1.54) is 4.68 Å². The number of nitrogens with two attached hydrogens (primary N) is 1. The molecular weight excluding hydrogens is 246 g/mol. The lowest BCUT2D eigenvalue weighted by Crippen LogP contribution is -2.18. The molecule has 0 aliphatic rings. The number of fused-ring (bicyclic) bond motifs is 1. The molecule has 19 heavy (non-hydrogen) atoms. The standard InChI is InChI=1S/C11H11N7O/c1-13-11(19)7-2-4-18(16-7)10-9-14-3-5-17(9)6-8(12)15-10/h2-6H,12H2,1H3,(H,13,19). The highest BCUT2D eigenvalue weighted by Gasteiger charge is 2.12. The maximum atomic E-state index is 11.5. The number of nitrogens with zero attached hydrogens (tertiary/aromatic N) is 5. The number of carbonyl (C=O) groups excluding carboxylic acids is 1. The van der Waals surface area contributed by atoms with Gasteiger partial charge in [-0.05, 0) is 6.07 Å². The number of amides is 1. The summed E-state index contributed by atoms with van der Waals surface area (Å²) in [4.78, 5) is 19.9. The van der Waals surface area contributed by atoms with Gasteiger partial charge in [-0.3, -0.25) is 4.79 Å². The van der Waals surface area contributed by atoms with Crippen LogP contribution in [0.2, 0.25) is 0 Å². The normalized spacial score (nSPS) is 10.8. The molecule has 3 heterocycles. The highest BCUT2D eigenvalue weighted by atomic mass is 16.1. The molecule has 96 valence electrons. The summed E-state index contributed by atoms with van der Waals surface area (Å²) in [5.41, 5.74) is 6.65. The molecule has 0 spiro atoms. The molecule has 0 atom stereocenters. The van der Waals surface area contributed by atoms with E-state index < -0.39 is 0 Å². The number of anilines is 1. The summed E-state index contributed by atoms with van der Waals surface area (Å²) in [7, 11) is 1.55. The highest BCUT2D eigenvalue weighted by molar-refractivity contribution is 5.91. The van der Waals surface area contributed by atoms with Gasteiger partial charge in [-0.25, -0.2) is 14.6 Å². The maximum absolute atomic E-state index is 11.5. The molecule has 3 N–H and O–H groups in total. The van der Waals surface area contributed by atoms with Gasteiger partial charge in [-0.2, -0.15) is 5.10 Å². The second-order valence-electron chi connectivity index (χ2n) is 3.87. The van der Waals surface area contributed by atoms with Crippen molar-refractivity contribution in [2.75, 3.05) is 12.8 Å². The molecule has 0 unspecified atom stereocenters. The molecule has 0 aliphatic carbocycles. The van der Waals surface area contributed by atoms with Gasteiger partial charge >= 0.3 is 0 Å². The minimum Gasteiger partial charge on any atom is -0.382 e. The molecule has 0 bridgehead atoms. The molecular formula is C11H11N7O. The van der Waals surface area contributed by atoms with Crippen LogP contribution >= 0.6 is 0 Å². The van der Waals surface area contributed by atoms with E-state index in [0.29, 0.717) is 23.0 Å². The summed E-state index contributed by atoms with van der Waals surface area (Å²) in [5.74, 6) is 0.555. The summed E-state index contributed by atoms with van der Waals surface area (Å²) in [5, 5.41) is 6.66. The molecule has 3 aromatic rings. The molecule has 8 nitrogen and oxygen atoms in total. The van der Waals surface area contributed by atoms with Crippen molar-refractivity contribution >= 4 is 17.4 Å².